The normalized spacial score (nSPS) is 10.3. The molecule has 11 heavy (non-hydrogen) atoms. The molecule has 0 rings (SSSR count). The second-order valence-electron chi connectivity index (χ2n) is 1.45. The summed E-state index contributed by atoms with van der Waals surface area (Å²) in [5.74, 6) is -2.36. The van der Waals surface area contributed by atoms with Gasteiger partial charge in [-0.05, 0) is 0 Å². The van der Waals surface area contributed by atoms with E-state index in [0.29, 0.717) is 0 Å². The third-order valence-corrected chi connectivity index (χ3v) is 1.06. The van der Waals surface area contributed by atoms with Crippen LogP contribution in [0.25, 0.3) is 0 Å². The van der Waals surface area contributed by atoms with Crippen molar-refractivity contribution in [1.29, 1.82) is 0 Å². The third-order valence-electron chi connectivity index (χ3n) is 0.653. The Balaban J connectivity index is -0.000000320. The van der Waals surface area contributed by atoms with Crippen molar-refractivity contribution < 1.29 is 42.2 Å². The van der Waals surface area contributed by atoms with Crippen molar-refractivity contribution in [2.45, 2.75) is 11.7 Å². The van der Waals surface area contributed by atoms with E-state index < -0.39 is 23.6 Å². The van der Waals surface area contributed by atoms with Gasteiger partial charge in [-0.15, -0.1) is 0 Å². The van der Waals surface area contributed by atoms with Gasteiger partial charge < -0.3 is 10.2 Å². The van der Waals surface area contributed by atoms with Crippen molar-refractivity contribution in [2.75, 3.05) is 0 Å². The van der Waals surface area contributed by atoms with Crippen LogP contribution >= 0.6 is 12.6 Å². The zero-order valence-electron chi connectivity index (χ0n) is 5.74. The van der Waals surface area contributed by atoms with E-state index in [4.69, 9.17) is 10.2 Å². The van der Waals surface area contributed by atoms with Crippen molar-refractivity contribution >= 4 is 54.1 Å². The smallest absolute Gasteiger partial charge is 0.316 e. The van der Waals surface area contributed by atoms with Crippen LogP contribution in [0.3, 0.4) is 0 Å². The van der Waals surface area contributed by atoms with Gasteiger partial charge in [-0.2, -0.15) is 12.6 Å². The Hall–Kier alpha value is 1.03. The number of hydrogen-bond acceptors (Lipinski definition) is 3. The molecule has 0 fully saturated rings. The molecule has 0 heterocycles. The van der Waals surface area contributed by atoms with Crippen LogP contribution in [0, 0.1) is 0 Å². The van der Waals surface area contributed by atoms with E-state index in [0.717, 1.165) is 0 Å². The molecule has 0 aliphatic heterocycles. The van der Waals surface area contributed by atoms with E-state index in [-0.39, 0.29) is 51.9 Å². The average Bonchev–Trinajstić information content (AvgIpc) is 1.63. The number of carboxylic acid groups (broad SMARTS) is 2. The third kappa shape index (κ3) is 11.0. The first-order valence-corrected chi connectivity index (χ1v) is 2.68. The van der Waals surface area contributed by atoms with E-state index >= 15 is 0 Å². The first-order chi connectivity index (χ1) is 4.04. The molecule has 7 heteroatoms. The Morgan fingerprint density at radius 2 is 1.73 bits per heavy atom. The first-order valence-electron chi connectivity index (χ1n) is 2.16. The van der Waals surface area contributed by atoms with E-state index in [1.54, 1.807) is 0 Å². The number of hydrogen-bond donors (Lipinski definition) is 3. The molecule has 0 aromatic carbocycles. The Morgan fingerprint density at radius 1 is 1.36 bits per heavy atom. The van der Waals surface area contributed by atoms with Crippen molar-refractivity contribution in [1.82, 2.24) is 0 Å². The minimum Gasteiger partial charge on any atom is -0.481 e. The number of rotatable bonds is 3. The molecule has 1 unspecified atom stereocenters. The number of thiol groups is 1. The molecule has 0 amide bonds. The molecular formula is C4H6AuNaO4S. The standard InChI is InChI=1S/C4H6O4S.Au.Na/c5-3(6)1-2(9)4(7)8;;/h2,9H,1H2,(H,5,6)(H,7,8);;. The van der Waals surface area contributed by atoms with Crippen molar-refractivity contribution in [3.8, 4) is 0 Å². The zero-order valence-corrected chi connectivity index (χ0v) is 10.8. The second-order valence-corrected chi connectivity index (χ2v) is 2.08. The summed E-state index contributed by atoms with van der Waals surface area (Å²) in [6.45, 7) is 0. The SMILES string of the molecule is O=C(O)CC(S)C(=O)O.[Au].[Na]. The summed E-state index contributed by atoms with van der Waals surface area (Å²) in [6, 6.07) is 0. The summed E-state index contributed by atoms with van der Waals surface area (Å²) in [5.41, 5.74) is 0. The fraction of sp³-hybridized carbons (Fsp3) is 0.500. The van der Waals surface area contributed by atoms with Crippen LogP contribution in [0.5, 0.6) is 0 Å². The summed E-state index contributed by atoms with van der Waals surface area (Å²) in [7, 11) is 0. The Morgan fingerprint density at radius 3 is 1.82 bits per heavy atom. The average molecular weight is 370 g/mol. The number of carbonyl (C=O) groups is 2. The van der Waals surface area contributed by atoms with Gasteiger partial charge in [-0.1, -0.05) is 0 Å². The summed E-state index contributed by atoms with van der Waals surface area (Å²) in [4.78, 5) is 19.7. The van der Waals surface area contributed by atoms with Gasteiger partial charge in [0.05, 0.1) is 6.42 Å². The molecule has 0 aromatic rings. The van der Waals surface area contributed by atoms with Crippen LogP contribution in [0.4, 0.5) is 0 Å². The van der Waals surface area contributed by atoms with E-state index in [2.05, 4.69) is 12.6 Å². The van der Waals surface area contributed by atoms with Crippen LogP contribution in [-0.2, 0) is 32.0 Å². The predicted octanol–water partition coefficient (Wildman–Crippen LogP) is -0.539. The van der Waals surface area contributed by atoms with Crippen LogP contribution in [0.1, 0.15) is 6.42 Å². The molecule has 2 N–H and O–H groups in total. The molecule has 0 aliphatic carbocycles. The largest absolute Gasteiger partial charge is 0.481 e. The van der Waals surface area contributed by atoms with Gasteiger partial charge >= 0.3 is 11.9 Å². The maximum Gasteiger partial charge on any atom is 0.316 e. The fourth-order valence-electron chi connectivity index (χ4n) is 0.253. The summed E-state index contributed by atoms with van der Waals surface area (Å²) in [5, 5.41) is 15.0. The predicted molar refractivity (Wildman–Crippen MR) is 38.4 cm³/mol. The van der Waals surface area contributed by atoms with Gasteiger partial charge in [0.25, 0.3) is 0 Å². The second kappa shape index (κ2) is 9.12. The van der Waals surface area contributed by atoms with Gasteiger partial charge in [0.15, 0.2) is 0 Å². The van der Waals surface area contributed by atoms with Crippen LogP contribution in [0.15, 0.2) is 0 Å². The minimum absolute atomic E-state index is 0. The molecule has 4 nitrogen and oxygen atoms in total. The fourth-order valence-corrected chi connectivity index (χ4v) is 0.409. The van der Waals surface area contributed by atoms with Crippen molar-refractivity contribution in [3.05, 3.63) is 0 Å². The first kappa shape index (κ1) is 17.9. The monoisotopic (exact) mass is 370 g/mol. The molecule has 0 spiro atoms. The molecule has 0 bridgehead atoms. The van der Waals surface area contributed by atoms with Crippen LogP contribution in [0.2, 0.25) is 0 Å². The van der Waals surface area contributed by atoms with Gasteiger partial charge in [0.1, 0.15) is 5.25 Å². The van der Waals surface area contributed by atoms with Crippen molar-refractivity contribution in [3.63, 3.8) is 0 Å². The van der Waals surface area contributed by atoms with Crippen molar-refractivity contribution in [2.24, 2.45) is 0 Å². The quantitative estimate of drug-likeness (QED) is 0.461. The molecule has 0 saturated carbocycles. The zero-order chi connectivity index (χ0) is 7.44. The molecule has 0 saturated heterocycles. The number of aliphatic carboxylic acids is 2. The molecular weight excluding hydrogens is 364 g/mol. The van der Waals surface area contributed by atoms with Gasteiger partial charge in [0.2, 0.25) is 0 Å². The molecule has 1 atom stereocenters. The minimum atomic E-state index is -1.21. The Bertz CT molecular complexity index is 142. The summed E-state index contributed by atoms with van der Waals surface area (Å²) in [6.07, 6.45) is -0.446. The van der Waals surface area contributed by atoms with Gasteiger partial charge in [-0.3, -0.25) is 9.59 Å². The maximum atomic E-state index is 9.90. The topological polar surface area (TPSA) is 74.6 Å². The molecule has 0 aliphatic rings. The van der Waals surface area contributed by atoms with Gasteiger partial charge in [0, 0.05) is 51.9 Å². The number of carboxylic acids is 2. The summed E-state index contributed by atoms with van der Waals surface area (Å²) < 4.78 is 0. The molecule has 64 valence electrons. The maximum absolute atomic E-state index is 9.90. The van der Waals surface area contributed by atoms with Crippen LogP contribution in [-0.4, -0.2) is 57.0 Å². The Kier molecular flexibility index (Phi) is 14.9. The van der Waals surface area contributed by atoms with Gasteiger partial charge in [-0.25, -0.2) is 0 Å². The Labute approximate surface area is 107 Å². The van der Waals surface area contributed by atoms with E-state index in [9.17, 15) is 9.59 Å². The molecule has 0 aromatic heterocycles. The summed E-state index contributed by atoms with van der Waals surface area (Å²) >= 11 is 3.48. The van der Waals surface area contributed by atoms with Crippen LogP contribution < -0.4 is 0 Å². The van der Waals surface area contributed by atoms with E-state index in [1.807, 2.05) is 0 Å². The van der Waals surface area contributed by atoms with E-state index in [1.165, 1.54) is 0 Å². The molecule has 2 radical (unpaired) electrons.